The molecule has 0 radical (unpaired) electrons. The maximum atomic E-state index is 14.9. The molecule has 4 aromatic rings. The van der Waals surface area contributed by atoms with E-state index in [1.807, 2.05) is 6.07 Å². The molecule has 1 amide bonds. The second kappa shape index (κ2) is 10.8. The maximum absolute atomic E-state index is 14.9. The highest BCUT2D eigenvalue weighted by Crippen LogP contribution is 2.25. The molecule has 194 valence electrons. The largest absolute Gasteiger partial charge is 0.380 e. The van der Waals surface area contributed by atoms with Gasteiger partial charge in [0.15, 0.2) is 11.1 Å². The van der Waals surface area contributed by atoms with Gasteiger partial charge in [0.2, 0.25) is 11.9 Å². The van der Waals surface area contributed by atoms with E-state index in [1.165, 1.54) is 24.4 Å². The minimum Gasteiger partial charge on any atom is -0.380 e. The molecule has 0 atom stereocenters. The number of likely N-dealkylation sites (tertiary alicyclic amines) is 1. The molecular weight excluding hydrogens is 485 g/mol. The van der Waals surface area contributed by atoms with Gasteiger partial charge < -0.3 is 25.4 Å². The lowest BCUT2D eigenvalue weighted by Crippen LogP contribution is -2.36. The Hall–Kier alpha value is -4.57. The number of piperidine rings is 1. The lowest BCUT2D eigenvalue weighted by molar-refractivity contribution is -0.111. The van der Waals surface area contributed by atoms with Crippen molar-refractivity contribution in [2.45, 2.75) is 18.9 Å². The van der Waals surface area contributed by atoms with Crippen LogP contribution in [0.25, 0.3) is 16.7 Å². The van der Waals surface area contributed by atoms with Gasteiger partial charge in [0, 0.05) is 41.6 Å². The zero-order valence-corrected chi connectivity index (χ0v) is 20.9. The molecule has 1 aliphatic rings. The summed E-state index contributed by atoms with van der Waals surface area (Å²) in [7, 11) is 2.09. The van der Waals surface area contributed by atoms with Crippen molar-refractivity contribution >= 4 is 40.0 Å². The van der Waals surface area contributed by atoms with Crippen LogP contribution >= 0.6 is 0 Å². The van der Waals surface area contributed by atoms with Gasteiger partial charge in [0.05, 0.1) is 11.1 Å². The fourth-order valence-electron chi connectivity index (χ4n) is 4.44. The van der Waals surface area contributed by atoms with Gasteiger partial charge in [-0.15, -0.1) is 0 Å². The summed E-state index contributed by atoms with van der Waals surface area (Å²) < 4.78 is 16.6. The summed E-state index contributed by atoms with van der Waals surface area (Å²) in [6, 6.07) is 13.6. The van der Waals surface area contributed by atoms with Crippen LogP contribution in [0.2, 0.25) is 0 Å². The highest BCUT2D eigenvalue weighted by atomic mass is 19.1. The van der Waals surface area contributed by atoms with Gasteiger partial charge >= 0.3 is 0 Å². The van der Waals surface area contributed by atoms with E-state index in [9.17, 15) is 14.0 Å². The standard InChI is InChI=1S/C28H28FN7O2/c1-3-26(38)32-19-5-4-6-21(15-19)36-14-11-25(37)22-17-30-28(34-27(22)36)33-20-7-8-24(23(29)16-20)31-18-9-12-35(2)13-10-18/h3-8,11,14-18,31H,1,9-10,12-13H2,2H3,(H,32,38)(H,30,33,34). The van der Waals surface area contributed by atoms with Crippen LogP contribution in [0.4, 0.5) is 27.4 Å². The minimum atomic E-state index is -0.370. The Morgan fingerprint density at radius 3 is 2.71 bits per heavy atom. The minimum absolute atomic E-state index is 0.211. The molecule has 0 saturated carbocycles. The van der Waals surface area contributed by atoms with Crippen LogP contribution in [0.3, 0.4) is 0 Å². The number of rotatable bonds is 7. The summed E-state index contributed by atoms with van der Waals surface area (Å²) in [5, 5.41) is 9.39. The van der Waals surface area contributed by atoms with Crippen LogP contribution in [0.5, 0.6) is 0 Å². The first-order valence-electron chi connectivity index (χ1n) is 12.3. The van der Waals surface area contributed by atoms with E-state index in [4.69, 9.17) is 0 Å². The second-order valence-electron chi connectivity index (χ2n) is 9.27. The van der Waals surface area contributed by atoms with E-state index >= 15 is 0 Å². The number of nitrogens with zero attached hydrogens (tertiary/aromatic N) is 4. The summed E-state index contributed by atoms with van der Waals surface area (Å²) in [5.74, 6) is -0.492. The van der Waals surface area contributed by atoms with Crippen LogP contribution in [0.15, 0.2) is 78.4 Å². The lowest BCUT2D eigenvalue weighted by atomic mass is 10.1. The monoisotopic (exact) mass is 513 g/mol. The fraction of sp³-hybridized carbons (Fsp3) is 0.214. The van der Waals surface area contributed by atoms with Gasteiger partial charge in [-0.1, -0.05) is 12.6 Å². The quantitative estimate of drug-likeness (QED) is 0.317. The molecule has 0 spiro atoms. The average molecular weight is 514 g/mol. The molecule has 3 heterocycles. The summed E-state index contributed by atoms with van der Waals surface area (Å²) in [5.41, 5.74) is 2.32. The highest BCUT2D eigenvalue weighted by molar-refractivity contribution is 5.99. The third kappa shape index (κ3) is 5.55. The number of nitrogens with one attached hydrogen (secondary N) is 3. The Bertz CT molecular complexity index is 1560. The first-order chi connectivity index (χ1) is 18.4. The molecule has 9 nitrogen and oxygen atoms in total. The van der Waals surface area contributed by atoms with E-state index in [0.717, 1.165) is 25.9 Å². The number of pyridine rings is 1. The average Bonchev–Trinajstić information content (AvgIpc) is 2.92. The predicted molar refractivity (Wildman–Crippen MR) is 148 cm³/mol. The van der Waals surface area contributed by atoms with Crippen LogP contribution in [-0.2, 0) is 4.79 Å². The van der Waals surface area contributed by atoms with Gasteiger partial charge in [-0.2, -0.15) is 4.98 Å². The van der Waals surface area contributed by atoms with E-state index in [2.05, 4.69) is 44.4 Å². The number of anilines is 4. The SMILES string of the molecule is C=CC(=O)Nc1cccc(-n2ccc(=O)c3cnc(Nc4ccc(NC5CCN(C)CC5)c(F)c4)nc32)c1. The molecule has 38 heavy (non-hydrogen) atoms. The number of carbonyl (C=O) groups excluding carboxylic acids is 1. The summed E-state index contributed by atoms with van der Waals surface area (Å²) in [6.07, 6.45) is 6.17. The van der Waals surface area contributed by atoms with Gasteiger partial charge in [0.1, 0.15) is 5.82 Å². The molecule has 0 aliphatic carbocycles. The van der Waals surface area contributed by atoms with Crippen molar-refractivity contribution in [3.05, 3.63) is 89.6 Å². The van der Waals surface area contributed by atoms with Crippen LogP contribution < -0.4 is 21.4 Å². The third-order valence-electron chi connectivity index (χ3n) is 6.52. The number of carbonyl (C=O) groups is 1. The zero-order valence-electron chi connectivity index (χ0n) is 20.9. The van der Waals surface area contributed by atoms with Crippen molar-refractivity contribution in [2.75, 3.05) is 36.1 Å². The Labute approximate surface area is 219 Å². The molecule has 1 aliphatic heterocycles. The van der Waals surface area contributed by atoms with E-state index in [-0.39, 0.29) is 29.1 Å². The van der Waals surface area contributed by atoms with Crippen molar-refractivity contribution in [2.24, 2.45) is 0 Å². The number of aromatic nitrogens is 3. The van der Waals surface area contributed by atoms with Gasteiger partial charge in [-0.25, -0.2) is 9.37 Å². The lowest BCUT2D eigenvalue weighted by Gasteiger charge is -2.30. The Morgan fingerprint density at radius 1 is 1.13 bits per heavy atom. The molecule has 0 bridgehead atoms. The van der Waals surface area contributed by atoms with Gasteiger partial charge in [-0.05, 0) is 75.5 Å². The van der Waals surface area contributed by atoms with E-state index in [0.29, 0.717) is 33.8 Å². The van der Waals surface area contributed by atoms with Crippen LogP contribution in [-0.4, -0.2) is 51.5 Å². The number of fused-ring (bicyclic) bond motifs is 1. The maximum Gasteiger partial charge on any atom is 0.247 e. The normalized spacial score (nSPS) is 14.3. The van der Waals surface area contributed by atoms with Crippen molar-refractivity contribution in [1.29, 1.82) is 0 Å². The van der Waals surface area contributed by atoms with Crippen molar-refractivity contribution in [3.8, 4) is 5.69 Å². The van der Waals surface area contributed by atoms with E-state index in [1.54, 1.807) is 41.1 Å². The highest BCUT2D eigenvalue weighted by Gasteiger charge is 2.18. The molecule has 10 heteroatoms. The number of hydrogen-bond acceptors (Lipinski definition) is 7. The second-order valence-corrected chi connectivity index (χ2v) is 9.27. The summed E-state index contributed by atoms with van der Waals surface area (Å²) in [4.78, 5) is 35.3. The summed E-state index contributed by atoms with van der Waals surface area (Å²) in [6.45, 7) is 5.43. The number of hydrogen-bond donors (Lipinski definition) is 3. The molecule has 2 aromatic heterocycles. The van der Waals surface area contributed by atoms with Gasteiger partial charge in [-0.3, -0.25) is 9.59 Å². The molecule has 2 aromatic carbocycles. The Balaban J connectivity index is 1.41. The fourth-order valence-corrected chi connectivity index (χ4v) is 4.44. The molecule has 0 unspecified atom stereocenters. The van der Waals surface area contributed by atoms with Crippen molar-refractivity contribution in [3.63, 3.8) is 0 Å². The first-order valence-corrected chi connectivity index (χ1v) is 12.3. The Kier molecular flexibility index (Phi) is 7.14. The molecule has 3 N–H and O–H groups in total. The number of benzene rings is 2. The van der Waals surface area contributed by atoms with Gasteiger partial charge in [0.25, 0.3) is 0 Å². The zero-order chi connectivity index (χ0) is 26.6. The van der Waals surface area contributed by atoms with Crippen molar-refractivity contribution < 1.29 is 9.18 Å². The summed E-state index contributed by atoms with van der Waals surface area (Å²) >= 11 is 0. The topological polar surface area (TPSA) is 104 Å². The first kappa shape index (κ1) is 25.1. The van der Waals surface area contributed by atoms with E-state index < -0.39 is 0 Å². The molecule has 1 fully saturated rings. The third-order valence-corrected chi connectivity index (χ3v) is 6.52. The smallest absolute Gasteiger partial charge is 0.247 e. The molecular formula is C28H28FN7O2. The number of amides is 1. The molecule has 1 saturated heterocycles. The van der Waals surface area contributed by atoms with Crippen LogP contribution in [0, 0.1) is 5.82 Å². The predicted octanol–water partition coefficient (Wildman–Crippen LogP) is 4.29. The van der Waals surface area contributed by atoms with Crippen LogP contribution in [0.1, 0.15) is 12.8 Å². The Morgan fingerprint density at radius 2 is 1.95 bits per heavy atom. The van der Waals surface area contributed by atoms with Crippen molar-refractivity contribution in [1.82, 2.24) is 19.4 Å². The number of halogens is 1. The molecule has 5 rings (SSSR count).